The van der Waals surface area contributed by atoms with E-state index in [-0.39, 0.29) is 0 Å². The fourth-order valence-electron chi connectivity index (χ4n) is 23.0. The molecule has 0 unspecified atom stereocenters. The van der Waals surface area contributed by atoms with Crippen LogP contribution in [0, 0.1) is 0 Å². The minimum atomic E-state index is 0.525. The molecule has 14 heteroatoms. The summed E-state index contributed by atoms with van der Waals surface area (Å²) in [6, 6.07) is 147. The largest absolute Gasteiger partial charge is 0.455 e. The zero-order valence-electron chi connectivity index (χ0n) is 74.1. The second kappa shape index (κ2) is 29.0. The predicted octanol–water partition coefficient (Wildman–Crippen LogP) is 36.1. The van der Waals surface area contributed by atoms with E-state index in [9.17, 15) is 0 Å². The molecule has 646 valence electrons. The molecule has 0 atom stereocenters. The van der Waals surface area contributed by atoms with E-state index in [4.69, 9.17) is 38.7 Å². The van der Waals surface area contributed by atoms with E-state index in [0.717, 1.165) is 183 Å². The number of hydrogen-bond donors (Lipinski definition) is 0. The van der Waals surface area contributed by atoms with Crippen LogP contribution in [0.25, 0.3) is 324 Å². The van der Waals surface area contributed by atoms with Gasteiger partial charge >= 0.3 is 0 Å². The Kier molecular flexibility index (Phi) is 15.9. The molecule has 0 N–H and O–H groups in total. The SMILES string of the molecule is c1ccc2cc3c(cc2c1)c1ccc2c(-c4ccc5cc6c7ccc8ccccc8c7n(-c7ccc8cc(-c9nc(-c%10cccc%11c%10sc%10ccccc%10%11)nc(-c%10cccc%11c%10sc%10ccccc%10%11)n9)c9oc%10ccccc%10c9c8c7)c6cc5c4)cccc2c1n3-c1ccc2c(c1)cc(-c1nc(-c3cccc4c3sc3ccccc34)nc(-c3cccc4c3sc3ccccc34)n1)c1oc3ccccc3c12. The summed E-state index contributed by atoms with van der Waals surface area (Å²) in [5.41, 5.74) is 17.1. The molecule has 32 aromatic rings. The molecule has 0 spiro atoms. The van der Waals surface area contributed by atoms with E-state index in [1.54, 1.807) is 45.3 Å². The fourth-order valence-corrected chi connectivity index (χ4v) is 27.9. The van der Waals surface area contributed by atoms with Gasteiger partial charge in [-0.3, -0.25) is 0 Å². The monoisotopic (exact) mass is 1850 g/mol. The van der Waals surface area contributed by atoms with Crippen LogP contribution in [0.5, 0.6) is 0 Å². The number of benzene rings is 22. The third-order valence-electron chi connectivity index (χ3n) is 29.3. The molecule has 10 aromatic heterocycles. The van der Waals surface area contributed by atoms with Gasteiger partial charge in [-0.2, -0.15) is 0 Å². The molecule has 0 amide bonds. The number of furan rings is 2. The highest BCUT2D eigenvalue weighted by molar-refractivity contribution is 7.27. The summed E-state index contributed by atoms with van der Waals surface area (Å²) in [5, 5.41) is 31.6. The average molecular weight is 1850 g/mol. The van der Waals surface area contributed by atoms with Gasteiger partial charge < -0.3 is 18.0 Å². The quantitative estimate of drug-likeness (QED) is 0.140. The average Bonchev–Trinajstić information content (AvgIpc) is 1.54. The maximum Gasteiger partial charge on any atom is 0.167 e. The highest BCUT2D eigenvalue weighted by Crippen LogP contribution is 2.53. The van der Waals surface area contributed by atoms with Crippen LogP contribution in [-0.2, 0) is 0 Å². The van der Waals surface area contributed by atoms with Gasteiger partial charge in [0.25, 0.3) is 0 Å². The highest BCUT2D eigenvalue weighted by Gasteiger charge is 2.30. The summed E-state index contributed by atoms with van der Waals surface area (Å²) in [6.45, 7) is 0. The van der Waals surface area contributed by atoms with E-state index >= 15 is 0 Å². The van der Waals surface area contributed by atoms with Crippen LogP contribution in [0.15, 0.2) is 409 Å². The lowest BCUT2D eigenvalue weighted by molar-refractivity contribution is 0.669. The normalized spacial score (nSPS) is 12.4. The molecule has 0 radical (unpaired) electrons. The molecular formula is C126H66N8O2S4. The van der Waals surface area contributed by atoms with Gasteiger partial charge in [0, 0.05) is 168 Å². The maximum atomic E-state index is 7.28. The van der Waals surface area contributed by atoms with Crippen LogP contribution in [0.4, 0.5) is 0 Å². The Balaban J connectivity index is 0.573. The Hall–Kier alpha value is -17.5. The van der Waals surface area contributed by atoms with Crippen LogP contribution < -0.4 is 0 Å². The van der Waals surface area contributed by atoms with Gasteiger partial charge in [0.2, 0.25) is 0 Å². The Labute approximate surface area is 810 Å². The molecule has 0 saturated carbocycles. The number of aromatic nitrogens is 8. The summed E-state index contributed by atoms with van der Waals surface area (Å²) < 4.78 is 28.9. The minimum Gasteiger partial charge on any atom is -0.455 e. The van der Waals surface area contributed by atoms with Crippen molar-refractivity contribution in [3.63, 3.8) is 0 Å². The molecule has 0 aliphatic carbocycles. The van der Waals surface area contributed by atoms with Crippen LogP contribution in [0.3, 0.4) is 0 Å². The second-order valence-corrected chi connectivity index (χ2v) is 41.1. The zero-order valence-corrected chi connectivity index (χ0v) is 77.4. The van der Waals surface area contributed by atoms with E-state index in [2.05, 4.69) is 410 Å². The van der Waals surface area contributed by atoms with Crippen molar-refractivity contribution in [2.75, 3.05) is 0 Å². The van der Waals surface area contributed by atoms with Crippen molar-refractivity contribution >= 4 is 278 Å². The predicted molar refractivity (Wildman–Crippen MR) is 591 cm³/mol. The smallest absolute Gasteiger partial charge is 0.167 e. The van der Waals surface area contributed by atoms with Gasteiger partial charge in [-0.15, -0.1) is 45.3 Å². The van der Waals surface area contributed by atoms with E-state index in [1.165, 1.54) is 94.2 Å². The minimum absolute atomic E-state index is 0.525. The first-order valence-corrected chi connectivity index (χ1v) is 50.3. The Morgan fingerprint density at radius 1 is 0.186 bits per heavy atom. The van der Waals surface area contributed by atoms with Crippen molar-refractivity contribution in [3.8, 4) is 90.8 Å². The summed E-state index contributed by atoms with van der Waals surface area (Å²) in [5.74, 6) is 3.45. The molecule has 22 aromatic carbocycles. The lowest BCUT2D eigenvalue weighted by atomic mass is 9.94. The van der Waals surface area contributed by atoms with Gasteiger partial charge in [0.15, 0.2) is 34.9 Å². The number of para-hydroxylation sites is 2. The van der Waals surface area contributed by atoms with Crippen LogP contribution in [0.1, 0.15) is 0 Å². The fraction of sp³-hybridized carbons (Fsp3) is 0. The van der Waals surface area contributed by atoms with Gasteiger partial charge in [0.1, 0.15) is 22.3 Å². The number of hydrogen-bond acceptors (Lipinski definition) is 12. The molecule has 0 fully saturated rings. The number of thiophene rings is 4. The standard InChI is InChI=1S/C126H66N8O2S4/c1-2-24-69-64-103-99(60-68(69)23-1)87-57-56-80-77(32-17-33-85(80)114(87)133(103)75-53-55-78-74(59-75)63-102(115-111(78)92-30-5-11-42-105(92)135-115)126-131-123(96-40-20-36-90-83-28-9-15-46-109(83)139-119(90)96)128-124(132-126)97-41-21-37-91-84-29-10-16-47-110(84)140-120(91)97)71-49-48-70-61-100-86-54-51-67-22-3-4-25-79(67)113(86)134(104(100)65-73(70)58-71)76-52-50-72-62-101(116-112(98(72)66-76)93-31-6-12-43-106(93)136-116)125-129-121(94-38-18-34-88-81-26-7-13-44-107(81)137-117(88)94)127-122(130-125)95-39-19-35-89-82-27-8-14-45-108(82)138-118(89)95/h1-66H. The van der Waals surface area contributed by atoms with E-state index in [1.807, 2.05) is 0 Å². The summed E-state index contributed by atoms with van der Waals surface area (Å²) in [6.07, 6.45) is 0. The molecule has 0 saturated heterocycles. The molecule has 32 rings (SSSR count). The lowest BCUT2D eigenvalue weighted by Gasteiger charge is -2.15. The Bertz CT molecular complexity index is 10900. The van der Waals surface area contributed by atoms with Crippen molar-refractivity contribution in [1.82, 2.24) is 39.0 Å². The number of fused-ring (bicyclic) bond motifs is 34. The topological polar surface area (TPSA) is 113 Å². The first-order chi connectivity index (χ1) is 69.3. The molecule has 0 bridgehead atoms. The van der Waals surface area contributed by atoms with Crippen molar-refractivity contribution in [1.29, 1.82) is 0 Å². The zero-order chi connectivity index (χ0) is 91.0. The molecule has 10 nitrogen and oxygen atoms in total. The van der Waals surface area contributed by atoms with E-state index < -0.39 is 0 Å². The molecular weight excluding hydrogens is 1790 g/mol. The maximum absolute atomic E-state index is 7.28. The summed E-state index contributed by atoms with van der Waals surface area (Å²) in [7, 11) is 0. The van der Waals surface area contributed by atoms with Gasteiger partial charge in [-0.1, -0.05) is 273 Å². The molecule has 10 heterocycles. The van der Waals surface area contributed by atoms with Crippen LogP contribution in [-0.4, -0.2) is 39.0 Å². The summed E-state index contributed by atoms with van der Waals surface area (Å²) >= 11 is 7.11. The third-order valence-corrected chi connectivity index (χ3v) is 34.2. The van der Waals surface area contributed by atoms with Crippen molar-refractivity contribution < 1.29 is 8.83 Å². The van der Waals surface area contributed by atoms with E-state index in [0.29, 0.717) is 46.1 Å². The van der Waals surface area contributed by atoms with Crippen molar-refractivity contribution in [2.24, 2.45) is 0 Å². The first kappa shape index (κ1) is 76.7. The van der Waals surface area contributed by atoms with Crippen molar-refractivity contribution in [3.05, 3.63) is 400 Å². The molecule has 0 aliphatic rings. The van der Waals surface area contributed by atoms with Crippen LogP contribution >= 0.6 is 45.3 Å². The Morgan fingerprint density at radius 2 is 0.529 bits per heavy atom. The Morgan fingerprint density at radius 3 is 1.04 bits per heavy atom. The molecule has 0 aliphatic heterocycles. The summed E-state index contributed by atoms with van der Waals surface area (Å²) in [4.78, 5) is 33.7. The van der Waals surface area contributed by atoms with Gasteiger partial charge in [0.05, 0.1) is 33.2 Å². The van der Waals surface area contributed by atoms with Gasteiger partial charge in [-0.05, 0) is 192 Å². The number of rotatable bonds is 9. The van der Waals surface area contributed by atoms with Crippen molar-refractivity contribution in [2.45, 2.75) is 0 Å². The first-order valence-electron chi connectivity index (χ1n) is 47.1. The second-order valence-electron chi connectivity index (χ2n) is 36.9. The highest BCUT2D eigenvalue weighted by atomic mass is 32.1. The third kappa shape index (κ3) is 11.1. The van der Waals surface area contributed by atoms with Gasteiger partial charge in [-0.25, -0.2) is 29.9 Å². The number of nitrogens with zero attached hydrogens (tertiary/aromatic N) is 8. The molecule has 140 heavy (non-hydrogen) atoms. The van der Waals surface area contributed by atoms with Crippen LogP contribution in [0.2, 0.25) is 0 Å². The lowest BCUT2D eigenvalue weighted by Crippen LogP contribution is -2.01.